The van der Waals surface area contributed by atoms with Gasteiger partial charge in [-0.15, -0.1) is 0 Å². The number of nitro groups is 1. The van der Waals surface area contributed by atoms with Crippen molar-refractivity contribution in [3.63, 3.8) is 0 Å². The van der Waals surface area contributed by atoms with Gasteiger partial charge >= 0.3 is 0 Å². The number of hydrogen-bond donors (Lipinski definition) is 1. The normalized spacial score (nSPS) is 17.8. The van der Waals surface area contributed by atoms with Crippen LogP contribution in [-0.4, -0.2) is 38.1 Å². The highest BCUT2D eigenvalue weighted by atomic mass is 32.1. The third-order valence-electron chi connectivity index (χ3n) is 6.17. The van der Waals surface area contributed by atoms with Crippen molar-refractivity contribution in [2.45, 2.75) is 39.8 Å². The molecule has 0 aliphatic carbocycles. The van der Waals surface area contributed by atoms with Crippen molar-refractivity contribution < 1.29 is 9.66 Å². The summed E-state index contributed by atoms with van der Waals surface area (Å²) < 4.78 is 7.16. The molecule has 0 radical (unpaired) electrons. The van der Waals surface area contributed by atoms with Crippen molar-refractivity contribution >= 4 is 23.0 Å². The molecule has 0 saturated carbocycles. The van der Waals surface area contributed by atoms with Gasteiger partial charge in [-0.2, -0.15) is 0 Å². The molecule has 1 N–H and O–H groups in total. The molecular weight excluding hydrogens is 450 g/mol. The number of aryl methyl sites for hydroxylation is 1. The maximum Gasteiger partial charge on any atom is 0.296 e. The van der Waals surface area contributed by atoms with Gasteiger partial charge in [-0.1, -0.05) is 19.9 Å². The van der Waals surface area contributed by atoms with Gasteiger partial charge in [0, 0.05) is 24.1 Å². The molecule has 0 bridgehead atoms. The van der Waals surface area contributed by atoms with Crippen LogP contribution in [-0.2, 0) is 0 Å². The summed E-state index contributed by atoms with van der Waals surface area (Å²) >= 11 is 5.75. The lowest BCUT2D eigenvalue weighted by atomic mass is 9.96. The Morgan fingerprint density at radius 1 is 1.24 bits per heavy atom. The first-order valence-electron chi connectivity index (χ1n) is 11.2. The maximum atomic E-state index is 11.9. The first-order valence-corrected chi connectivity index (χ1v) is 11.6. The van der Waals surface area contributed by atoms with Crippen LogP contribution in [0.3, 0.4) is 0 Å². The average Bonchev–Trinajstić information content (AvgIpc) is 3.28. The molecule has 1 aliphatic rings. The van der Waals surface area contributed by atoms with Gasteiger partial charge in [-0.3, -0.25) is 15.1 Å². The third kappa shape index (κ3) is 4.23. The number of thiocarbonyl (C=S) groups is 1. The first-order chi connectivity index (χ1) is 16.2. The Morgan fingerprint density at radius 2 is 2.00 bits per heavy atom. The molecule has 8 nitrogen and oxygen atoms in total. The van der Waals surface area contributed by atoms with Crippen LogP contribution in [0.4, 0.5) is 5.69 Å². The van der Waals surface area contributed by atoms with Gasteiger partial charge in [-0.05, 0) is 67.9 Å². The zero-order valence-electron chi connectivity index (χ0n) is 20.0. The summed E-state index contributed by atoms with van der Waals surface area (Å²) in [5, 5.41) is 16.1. The van der Waals surface area contributed by atoms with E-state index in [9.17, 15) is 10.1 Å². The molecule has 34 heavy (non-hydrogen) atoms. The van der Waals surface area contributed by atoms with Crippen LogP contribution in [0, 0.1) is 29.9 Å². The van der Waals surface area contributed by atoms with E-state index in [1.54, 1.807) is 18.3 Å². The van der Waals surface area contributed by atoms with Crippen LogP contribution in [0.15, 0.2) is 48.7 Å². The van der Waals surface area contributed by atoms with Crippen molar-refractivity contribution in [3.05, 3.63) is 81.4 Å². The third-order valence-corrected chi connectivity index (χ3v) is 6.52. The monoisotopic (exact) mass is 479 g/mol. The lowest BCUT2D eigenvalue weighted by molar-refractivity contribution is -0.384. The van der Waals surface area contributed by atoms with Gasteiger partial charge in [-0.25, -0.2) is 0 Å². The Bertz CT molecular complexity index is 1220. The molecule has 1 fully saturated rings. The molecule has 9 heteroatoms. The number of methoxy groups -OCH3 is 1. The van der Waals surface area contributed by atoms with E-state index < -0.39 is 0 Å². The number of aromatic nitrogens is 2. The molecule has 2 atom stereocenters. The number of hydrogen-bond acceptors (Lipinski definition) is 5. The molecule has 0 spiro atoms. The summed E-state index contributed by atoms with van der Waals surface area (Å²) in [4.78, 5) is 18.3. The van der Waals surface area contributed by atoms with Crippen LogP contribution in [0.25, 0.3) is 5.69 Å². The van der Waals surface area contributed by atoms with E-state index in [2.05, 4.69) is 35.1 Å². The van der Waals surface area contributed by atoms with E-state index >= 15 is 0 Å². The van der Waals surface area contributed by atoms with Crippen molar-refractivity contribution in [2.24, 2.45) is 5.92 Å². The Balaban J connectivity index is 1.87. The predicted molar refractivity (Wildman–Crippen MR) is 135 cm³/mol. The zero-order valence-corrected chi connectivity index (χ0v) is 20.8. The molecule has 0 amide bonds. The van der Waals surface area contributed by atoms with Crippen molar-refractivity contribution in [2.75, 3.05) is 13.7 Å². The zero-order chi connectivity index (χ0) is 24.6. The highest BCUT2D eigenvalue weighted by Crippen LogP contribution is 2.42. The standard InChI is InChI=1S/C25H29N5O3S/c1-15(2)14-28-24(23(27-25(28)34)20-8-6-7-11-26-20)19-12-16(3)29(17(19)4)21-10-9-18(33-5)13-22(21)30(31)32/h6-13,15,23-24H,14H2,1-5H3,(H,27,34)/t23-,24-/m1/s1. The largest absolute Gasteiger partial charge is 0.496 e. The topological polar surface area (TPSA) is 85.5 Å². The molecule has 4 rings (SSSR count). The molecule has 3 heterocycles. The smallest absolute Gasteiger partial charge is 0.296 e. The van der Waals surface area contributed by atoms with E-state index in [1.165, 1.54) is 13.2 Å². The summed E-state index contributed by atoms with van der Waals surface area (Å²) in [5.74, 6) is 0.845. The minimum Gasteiger partial charge on any atom is -0.496 e. The van der Waals surface area contributed by atoms with Gasteiger partial charge in [0.2, 0.25) is 0 Å². The molecule has 1 aromatic carbocycles. The molecule has 2 aromatic heterocycles. The molecule has 1 saturated heterocycles. The predicted octanol–water partition coefficient (Wildman–Crippen LogP) is 5.03. The van der Waals surface area contributed by atoms with E-state index in [-0.39, 0.29) is 22.7 Å². The number of rotatable bonds is 7. The summed E-state index contributed by atoms with van der Waals surface area (Å²) in [7, 11) is 1.50. The number of benzene rings is 1. The molecule has 1 aliphatic heterocycles. The Hall–Kier alpha value is -3.46. The van der Waals surface area contributed by atoms with Gasteiger partial charge in [0.15, 0.2) is 5.11 Å². The first kappa shape index (κ1) is 23.7. The summed E-state index contributed by atoms with van der Waals surface area (Å²) in [6.07, 6.45) is 1.78. The van der Waals surface area contributed by atoms with Gasteiger partial charge in [0.1, 0.15) is 11.4 Å². The fourth-order valence-electron chi connectivity index (χ4n) is 4.76. The van der Waals surface area contributed by atoms with Gasteiger partial charge in [0.25, 0.3) is 5.69 Å². The second-order valence-corrected chi connectivity index (χ2v) is 9.33. The summed E-state index contributed by atoms with van der Waals surface area (Å²) in [6, 6.07) is 12.7. The summed E-state index contributed by atoms with van der Waals surface area (Å²) in [5.41, 5.74) is 4.30. The van der Waals surface area contributed by atoms with Crippen LogP contribution < -0.4 is 10.1 Å². The fraction of sp³-hybridized carbons (Fsp3) is 0.360. The minimum atomic E-state index is -0.371. The maximum absolute atomic E-state index is 11.9. The molecule has 3 aromatic rings. The second-order valence-electron chi connectivity index (χ2n) is 8.95. The SMILES string of the molecule is COc1ccc(-n2c(C)cc([C@@H]3[C@@H](c4ccccn4)NC(=S)N3CC(C)C)c2C)c([N+](=O)[O-])c1. The fourth-order valence-corrected chi connectivity index (χ4v) is 5.07. The number of nitro benzene ring substituents is 1. The Morgan fingerprint density at radius 3 is 2.62 bits per heavy atom. The second kappa shape index (κ2) is 9.42. The van der Waals surface area contributed by atoms with Crippen molar-refractivity contribution in [1.29, 1.82) is 0 Å². The van der Waals surface area contributed by atoms with E-state index in [1.807, 2.05) is 36.6 Å². The molecule has 0 unspecified atom stereocenters. The highest BCUT2D eigenvalue weighted by molar-refractivity contribution is 7.80. The van der Waals surface area contributed by atoms with E-state index in [0.717, 1.165) is 29.2 Å². The average molecular weight is 480 g/mol. The van der Waals surface area contributed by atoms with Crippen molar-refractivity contribution in [3.8, 4) is 11.4 Å². The van der Waals surface area contributed by atoms with E-state index in [4.69, 9.17) is 17.0 Å². The quantitative estimate of drug-likeness (QED) is 0.289. The van der Waals surface area contributed by atoms with Crippen LogP contribution >= 0.6 is 12.2 Å². The summed E-state index contributed by atoms with van der Waals surface area (Å²) in [6.45, 7) is 9.08. The Kier molecular flexibility index (Phi) is 6.56. The lowest BCUT2D eigenvalue weighted by Crippen LogP contribution is -2.33. The molecule has 178 valence electrons. The molecular formula is C25H29N5O3S. The minimum absolute atomic E-state index is 0.00641. The van der Waals surface area contributed by atoms with Crippen LogP contribution in [0.2, 0.25) is 0 Å². The van der Waals surface area contributed by atoms with Crippen LogP contribution in [0.1, 0.15) is 48.6 Å². The Labute approximate surface area is 204 Å². The lowest BCUT2D eigenvalue weighted by Gasteiger charge is -2.29. The van der Waals surface area contributed by atoms with E-state index in [0.29, 0.717) is 22.5 Å². The number of nitrogens with zero attached hydrogens (tertiary/aromatic N) is 4. The number of pyridine rings is 1. The highest BCUT2D eigenvalue weighted by Gasteiger charge is 2.41. The van der Waals surface area contributed by atoms with Crippen molar-refractivity contribution in [1.82, 2.24) is 19.8 Å². The number of ether oxygens (including phenoxy) is 1. The van der Waals surface area contributed by atoms with Gasteiger partial charge in [0.05, 0.1) is 35.9 Å². The van der Waals surface area contributed by atoms with Crippen LogP contribution in [0.5, 0.6) is 5.75 Å². The number of nitrogens with one attached hydrogen (secondary N) is 1. The van der Waals surface area contributed by atoms with Gasteiger partial charge < -0.3 is 19.5 Å².